The second kappa shape index (κ2) is 13.9. The van der Waals surface area contributed by atoms with Crippen molar-refractivity contribution in [2.75, 3.05) is 32.2 Å². The molecule has 0 saturated heterocycles. The third-order valence-electron chi connectivity index (χ3n) is 6.68. The highest BCUT2D eigenvalue weighted by Crippen LogP contribution is 2.38. The van der Waals surface area contributed by atoms with Crippen LogP contribution in [0, 0.1) is 0 Å². The highest BCUT2D eigenvalue weighted by Gasteiger charge is 2.26. The highest BCUT2D eigenvalue weighted by molar-refractivity contribution is 7.89. The van der Waals surface area contributed by atoms with E-state index in [1.165, 1.54) is 23.5 Å². The van der Waals surface area contributed by atoms with Gasteiger partial charge in [-0.15, -0.1) is 0 Å². The molecule has 2 aromatic heterocycles. The molecule has 9 nitrogen and oxygen atoms in total. The fraction of sp³-hybridized carbons (Fsp3) is 0.367. The summed E-state index contributed by atoms with van der Waals surface area (Å²) in [7, 11) is -0.542. The monoisotopic (exact) mass is 596 g/mol. The summed E-state index contributed by atoms with van der Waals surface area (Å²) < 4.78 is 40.1. The number of pyridine rings is 1. The summed E-state index contributed by atoms with van der Waals surface area (Å²) in [5, 5.41) is 0.492. The van der Waals surface area contributed by atoms with Gasteiger partial charge in [-0.05, 0) is 48.7 Å². The largest absolute Gasteiger partial charge is 0.493 e. The zero-order chi connectivity index (χ0) is 29.4. The Kier molecular flexibility index (Phi) is 10.3. The topological polar surface area (TPSA) is 102 Å². The standard InChI is InChI=1S/C30H36N4O5S2/c1-5-7-16-33(17-8-6-2)41(36,37)24-13-11-23(12-14-24)29(35)34(21-22-10-9-15-31-20-22)30-32-25-18-26(38-3)27(39-4)19-28(25)40-30/h9-15,18-20H,5-8,16-17,21H2,1-4H3. The van der Waals surface area contributed by atoms with Gasteiger partial charge in [-0.1, -0.05) is 44.1 Å². The summed E-state index contributed by atoms with van der Waals surface area (Å²) >= 11 is 1.36. The Morgan fingerprint density at radius 1 is 0.951 bits per heavy atom. The summed E-state index contributed by atoms with van der Waals surface area (Å²) in [6.45, 7) is 5.28. The number of nitrogens with zero attached hydrogens (tertiary/aromatic N) is 4. The first kappa shape index (κ1) is 30.4. The molecule has 0 N–H and O–H groups in total. The zero-order valence-electron chi connectivity index (χ0n) is 23.9. The van der Waals surface area contributed by atoms with E-state index in [4.69, 9.17) is 14.5 Å². The summed E-state index contributed by atoms with van der Waals surface area (Å²) in [5.41, 5.74) is 1.86. The van der Waals surface area contributed by atoms with E-state index < -0.39 is 10.0 Å². The third kappa shape index (κ3) is 7.03. The molecule has 0 unspecified atom stereocenters. The van der Waals surface area contributed by atoms with Crippen LogP contribution in [0.15, 0.2) is 65.8 Å². The lowest BCUT2D eigenvalue weighted by atomic mass is 10.2. The number of methoxy groups -OCH3 is 2. The molecule has 0 saturated carbocycles. The van der Waals surface area contributed by atoms with Gasteiger partial charge in [-0.3, -0.25) is 14.7 Å². The van der Waals surface area contributed by atoms with E-state index in [1.807, 2.05) is 32.0 Å². The van der Waals surface area contributed by atoms with Gasteiger partial charge in [0.25, 0.3) is 5.91 Å². The predicted octanol–water partition coefficient (Wildman–Crippen LogP) is 6.15. The maximum atomic E-state index is 13.9. The number of aromatic nitrogens is 2. The van der Waals surface area contributed by atoms with Crippen LogP contribution in [0.3, 0.4) is 0 Å². The molecule has 0 fully saturated rings. The number of rotatable bonds is 14. The number of hydrogen-bond acceptors (Lipinski definition) is 8. The van der Waals surface area contributed by atoms with E-state index in [9.17, 15) is 13.2 Å². The van der Waals surface area contributed by atoms with Gasteiger partial charge in [0.1, 0.15) is 0 Å². The Balaban J connectivity index is 1.68. The normalized spacial score (nSPS) is 11.6. The van der Waals surface area contributed by atoms with Gasteiger partial charge in [0.15, 0.2) is 16.6 Å². The second-order valence-electron chi connectivity index (χ2n) is 9.56. The number of carbonyl (C=O) groups excluding carboxylic acids is 1. The number of ether oxygens (including phenoxy) is 2. The van der Waals surface area contributed by atoms with Crippen LogP contribution in [-0.2, 0) is 16.6 Å². The van der Waals surface area contributed by atoms with Crippen molar-refractivity contribution in [3.8, 4) is 11.5 Å². The van der Waals surface area contributed by atoms with E-state index in [2.05, 4.69) is 4.98 Å². The molecule has 2 aromatic carbocycles. The number of sulfonamides is 1. The van der Waals surface area contributed by atoms with Crippen LogP contribution in [0.2, 0.25) is 0 Å². The molecule has 4 aromatic rings. The quantitative estimate of drug-likeness (QED) is 0.172. The second-order valence-corrected chi connectivity index (χ2v) is 12.5. The molecular formula is C30H36N4O5S2. The fourth-order valence-electron chi connectivity index (χ4n) is 4.35. The van der Waals surface area contributed by atoms with Gasteiger partial charge in [0.2, 0.25) is 10.0 Å². The molecule has 0 radical (unpaired) electrons. The van der Waals surface area contributed by atoms with Crippen LogP contribution in [0.5, 0.6) is 11.5 Å². The van der Waals surface area contributed by atoms with E-state index in [1.54, 1.807) is 54.0 Å². The van der Waals surface area contributed by atoms with Crippen molar-refractivity contribution in [1.29, 1.82) is 0 Å². The summed E-state index contributed by atoms with van der Waals surface area (Å²) in [6, 6.07) is 13.5. The molecule has 41 heavy (non-hydrogen) atoms. The Labute approximate surface area is 245 Å². The first-order chi connectivity index (χ1) is 19.8. The van der Waals surface area contributed by atoms with Crippen LogP contribution < -0.4 is 14.4 Å². The van der Waals surface area contributed by atoms with Gasteiger partial charge in [-0.2, -0.15) is 4.31 Å². The molecule has 1 amide bonds. The minimum atomic E-state index is -3.67. The van der Waals surface area contributed by atoms with Crippen LogP contribution in [0.4, 0.5) is 5.13 Å². The average Bonchev–Trinajstić information content (AvgIpc) is 3.42. The Morgan fingerprint density at radius 3 is 2.20 bits per heavy atom. The number of benzene rings is 2. The van der Waals surface area contributed by atoms with Gasteiger partial charge in [-0.25, -0.2) is 13.4 Å². The summed E-state index contributed by atoms with van der Waals surface area (Å²) in [6.07, 6.45) is 6.78. The van der Waals surface area contributed by atoms with Crippen LogP contribution in [0.25, 0.3) is 10.2 Å². The maximum absolute atomic E-state index is 13.9. The van der Waals surface area contributed by atoms with Gasteiger partial charge in [0, 0.05) is 43.2 Å². The minimum absolute atomic E-state index is 0.180. The molecular weight excluding hydrogens is 560 g/mol. The summed E-state index contributed by atoms with van der Waals surface area (Å²) in [4.78, 5) is 24.6. The van der Waals surface area contributed by atoms with Crippen molar-refractivity contribution in [2.24, 2.45) is 0 Å². The molecule has 0 spiro atoms. The van der Waals surface area contributed by atoms with E-state index in [-0.39, 0.29) is 17.3 Å². The lowest BCUT2D eigenvalue weighted by Crippen LogP contribution is -2.33. The molecule has 0 atom stereocenters. The Morgan fingerprint density at radius 2 is 1.61 bits per heavy atom. The zero-order valence-corrected chi connectivity index (χ0v) is 25.5. The molecule has 0 bridgehead atoms. The predicted molar refractivity (Wildman–Crippen MR) is 162 cm³/mol. The Bertz CT molecular complexity index is 1510. The highest BCUT2D eigenvalue weighted by atomic mass is 32.2. The lowest BCUT2D eigenvalue weighted by Gasteiger charge is -2.22. The number of thiazole rings is 1. The fourth-order valence-corrected chi connectivity index (χ4v) is 6.84. The van der Waals surface area contributed by atoms with Crippen molar-refractivity contribution in [3.63, 3.8) is 0 Å². The number of fused-ring (bicyclic) bond motifs is 1. The maximum Gasteiger partial charge on any atom is 0.260 e. The van der Waals surface area contributed by atoms with Gasteiger partial charge >= 0.3 is 0 Å². The lowest BCUT2D eigenvalue weighted by molar-refractivity contribution is 0.0985. The SMILES string of the molecule is CCCCN(CCCC)S(=O)(=O)c1ccc(C(=O)N(Cc2cccnc2)c2nc3cc(OC)c(OC)cc3s2)cc1. The molecule has 218 valence electrons. The number of amides is 1. The molecule has 0 aliphatic heterocycles. The third-order valence-corrected chi connectivity index (χ3v) is 9.64. The van der Waals surface area contributed by atoms with Crippen molar-refractivity contribution in [1.82, 2.24) is 14.3 Å². The molecule has 4 rings (SSSR count). The van der Waals surface area contributed by atoms with E-state index >= 15 is 0 Å². The molecule has 0 aliphatic carbocycles. The average molecular weight is 597 g/mol. The summed E-state index contributed by atoms with van der Waals surface area (Å²) in [5.74, 6) is 0.819. The van der Waals surface area contributed by atoms with Crippen molar-refractivity contribution < 1.29 is 22.7 Å². The number of unbranched alkanes of at least 4 members (excludes halogenated alkanes) is 2. The van der Waals surface area contributed by atoms with Crippen molar-refractivity contribution in [2.45, 2.75) is 51.0 Å². The van der Waals surface area contributed by atoms with Crippen LogP contribution in [-0.4, -0.2) is 55.9 Å². The molecule has 2 heterocycles. The van der Waals surface area contributed by atoms with Crippen molar-refractivity contribution >= 4 is 42.6 Å². The molecule has 11 heteroatoms. The Hall–Kier alpha value is -3.54. The first-order valence-electron chi connectivity index (χ1n) is 13.7. The van der Waals surface area contributed by atoms with Crippen LogP contribution in [0.1, 0.15) is 55.5 Å². The van der Waals surface area contributed by atoms with E-state index in [0.717, 1.165) is 35.9 Å². The van der Waals surface area contributed by atoms with Crippen LogP contribution >= 0.6 is 11.3 Å². The number of carbonyl (C=O) groups is 1. The van der Waals surface area contributed by atoms with Gasteiger partial charge in [0.05, 0.1) is 35.9 Å². The number of hydrogen-bond donors (Lipinski definition) is 0. The smallest absolute Gasteiger partial charge is 0.260 e. The van der Waals surface area contributed by atoms with E-state index in [0.29, 0.717) is 40.8 Å². The minimum Gasteiger partial charge on any atom is -0.493 e. The molecule has 0 aliphatic rings. The first-order valence-corrected chi connectivity index (χ1v) is 15.9. The van der Waals surface area contributed by atoms with Crippen molar-refractivity contribution in [3.05, 3.63) is 72.1 Å². The number of anilines is 1. The van der Waals surface area contributed by atoms with Gasteiger partial charge < -0.3 is 9.47 Å².